The maximum Gasteiger partial charge on any atom is 0.160 e. The van der Waals surface area contributed by atoms with Gasteiger partial charge in [-0.25, -0.2) is 9.97 Å². The van der Waals surface area contributed by atoms with E-state index in [-0.39, 0.29) is 0 Å². The van der Waals surface area contributed by atoms with E-state index in [1.165, 1.54) is 27.8 Å². The molecule has 4 rings (SSSR count). The zero-order chi connectivity index (χ0) is 18.1. The van der Waals surface area contributed by atoms with Crippen molar-refractivity contribution < 1.29 is 0 Å². The van der Waals surface area contributed by atoms with Crippen LogP contribution in [0, 0.1) is 13.8 Å². The minimum absolute atomic E-state index is 0.763. The van der Waals surface area contributed by atoms with E-state index in [0.29, 0.717) is 0 Å². The predicted octanol–water partition coefficient (Wildman–Crippen LogP) is 5.59. The van der Waals surface area contributed by atoms with Crippen LogP contribution in [0.1, 0.15) is 16.7 Å². The highest BCUT2D eigenvalue weighted by atomic mass is 15.0. The molecule has 3 heteroatoms. The van der Waals surface area contributed by atoms with Crippen molar-refractivity contribution in [3.63, 3.8) is 0 Å². The fraction of sp³-hybridized carbons (Fsp3) is 0.130. The summed E-state index contributed by atoms with van der Waals surface area (Å²) in [6.45, 7) is 8.22. The third-order valence-electron chi connectivity index (χ3n) is 4.89. The van der Waals surface area contributed by atoms with Gasteiger partial charge >= 0.3 is 0 Å². The number of rotatable bonds is 4. The zero-order valence-electron chi connectivity index (χ0n) is 15.1. The lowest BCUT2D eigenvalue weighted by atomic mass is 9.94. The molecule has 26 heavy (non-hydrogen) atoms. The van der Waals surface area contributed by atoms with Gasteiger partial charge in [0.1, 0.15) is 5.69 Å². The molecule has 2 aliphatic heterocycles. The van der Waals surface area contributed by atoms with Crippen LogP contribution in [-0.4, -0.2) is 15.0 Å². The second-order valence-corrected chi connectivity index (χ2v) is 6.61. The lowest BCUT2D eigenvalue weighted by Crippen LogP contribution is -1.93. The molecule has 0 fully saturated rings. The summed E-state index contributed by atoms with van der Waals surface area (Å²) in [5, 5.41) is 0. The number of nitrogens with zero attached hydrogens (tertiary/aromatic N) is 2. The van der Waals surface area contributed by atoms with E-state index in [0.717, 1.165) is 29.2 Å². The van der Waals surface area contributed by atoms with Crippen LogP contribution in [0.2, 0.25) is 0 Å². The van der Waals surface area contributed by atoms with Crippen molar-refractivity contribution in [2.75, 3.05) is 0 Å². The lowest BCUT2D eigenvalue weighted by Gasteiger charge is -2.11. The molecule has 0 radical (unpaired) electrons. The Morgan fingerprint density at radius 2 is 1.65 bits per heavy atom. The summed E-state index contributed by atoms with van der Waals surface area (Å²) < 4.78 is 0. The van der Waals surface area contributed by atoms with Gasteiger partial charge < -0.3 is 4.98 Å². The van der Waals surface area contributed by atoms with Crippen LogP contribution in [0.5, 0.6) is 0 Å². The van der Waals surface area contributed by atoms with Crippen molar-refractivity contribution in [1.82, 2.24) is 15.0 Å². The van der Waals surface area contributed by atoms with Crippen molar-refractivity contribution in [3.05, 3.63) is 84.2 Å². The fourth-order valence-corrected chi connectivity index (χ4v) is 3.26. The van der Waals surface area contributed by atoms with E-state index in [1.54, 1.807) is 0 Å². The highest BCUT2D eigenvalue weighted by Gasteiger charge is 2.12. The maximum atomic E-state index is 4.61. The van der Waals surface area contributed by atoms with Gasteiger partial charge in [0, 0.05) is 18.0 Å². The molecule has 2 heterocycles. The smallest absolute Gasteiger partial charge is 0.160 e. The number of benzene rings is 2. The predicted molar refractivity (Wildman–Crippen MR) is 107 cm³/mol. The lowest BCUT2D eigenvalue weighted by molar-refractivity contribution is 1.18. The Morgan fingerprint density at radius 3 is 2.38 bits per heavy atom. The molecule has 0 spiro atoms. The van der Waals surface area contributed by atoms with Crippen molar-refractivity contribution in [2.24, 2.45) is 0 Å². The largest absolute Gasteiger partial charge is 0.366 e. The summed E-state index contributed by atoms with van der Waals surface area (Å²) in [7, 11) is 0. The van der Waals surface area contributed by atoms with Gasteiger partial charge in [0.05, 0.1) is 5.69 Å². The Hall–Kier alpha value is -3.20. The van der Waals surface area contributed by atoms with Gasteiger partial charge in [0.2, 0.25) is 0 Å². The molecule has 128 valence electrons. The molecule has 2 aromatic carbocycles. The third kappa shape index (κ3) is 2.93. The number of nitrogens with one attached hydrogen (secondary N) is 1. The number of allylic oxidation sites excluding steroid dienone is 1. The summed E-state index contributed by atoms with van der Waals surface area (Å²) in [6, 6.07) is 14.9. The van der Waals surface area contributed by atoms with Gasteiger partial charge in [-0.05, 0) is 54.2 Å². The molecule has 2 aromatic rings. The minimum Gasteiger partial charge on any atom is -0.366 e. The molecular weight excluding hydrogens is 318 g/mol. The van der Waals surface area contributed by atoms with Crippen LogP contribution in [0.25, 0.3) is 33.9 Å². The number of H-pyrrole nitrogens is 1. The molecule has 0 saturated heterocycles. The molecule has 0 amide bonds. The number of pyridine rings is 1. The van der Waals surface area contributed by atoms with Crippen LogP contribution in [-0.2, 0) is 6.42 Å². The Labute approximate surface area is 153 Å². The van der Waals surface area contributed by atoms with Crippen molar-refractivity contribution in [2.45, 2.75) is 20.3 Å². The standard InChI is InChI=1S/C23H21N3/c1-4-5-19-13-20(12-15(2)16(19)3)17-6-8-18(9-7-17)23-25-21-10-11-24-14-22(21)26-23/h4,6-14,24H,1,5H2,2-3H3. The number of imidazole rings is 1. The van der Waals surface area contributed by atoms with Crippen molar-refractivity contribution in [3.8, 4) is 33.9 Å². The van der Waals surface area contributed by atoms with E-state index in [1.807, 2.05) is 24.5 Å². The highest BCUT2D eigenvalue weighted by molar-refractivity contribution is 5.71. The van der Waals surface area contributed by atoms with E-state index in [4.69, 9.17) is 0 Å². The average molecular weight is 339 g/mol. The zero-order valence-corrected chi connectivity index (χ0v) is 15.1. The maximum absolute atomic E-state index is 4.61. The minimum atomic E-state index is 0.763. The molecule has 0 atom stereocenters. The van der Waals surface area contributed by atoms with Crippen LogP contribution in [0.4, 0.5) is 0 Å². The van der Waals surface area contributed by atoms with Crippen molar-refractivity contribution in [1.29, 1.82) is 0 Å². The Balaban J connectivity index is 1.70. The number of aryl methyl sites for hydroxylation is 1. The molecule has 0 aromatic heterocycles. The quantitative estimate of drug-likeness (QED) is 0.492. The normalized spacial score (nSPS) is 11.0. The monoisotopic (exact) mass is 339 g/mol. The second-order valence-electron chi connectivity index (χ2n) is 6.61. The van der Waals surface area contributed by atoms with Crippen molar-refractivity contribution >= 4 is 0 Å². The van der Waals surface area contributed by atoms with Crippen LogP contribution < -0.4 is 0 Å². The fourth-order valence-electron chi connectivity index (χ4n) is 3.26. The van der Waals surface area contributed by atoms with E-state index in [9.17, 15) is 0 Å². The van der Waals surface area contributed by atoms with Gasteiger partial charge in [0.25, 0.3) is 0 Å². The number of hydrogen-bond donors (Lipinski definition) is 1. The first-order valence-corrected chi connectivity index (χ1v) is 8.78. The van der Waals surface area contributed by atoms with Gasteiger partial charge in [-0.3, -0.25) is 0 Å². The number of aromatic amines is 1. The molecular formula is C23H21N3. The summed E-state index contributed by atoms with van der Waals surface area (Å²) in [5.41, 5.74) is 9.25. The number of fused-ring (bicyclic) bond motifs is 1. The first-order chi connectivity index (χ1) is 12.7. The SMILES string of the molecule is C=CCc1cc(-c2ccc(-c3nc4cc[nH]cc-4n3)cc2)cc(C)c1C. The van der Waals surface area contributed by atoms with Crippen LogP contribution >= 0.6 is 0 Å². The average Bonchev–Trinajstić information content (AvgIpc) is 3.10. The first kappa shape index (κ1) is 16.3. The number of hydrogen-bond acceptors (Lipinski definition) is 2. The van der Waals surface area contributed by atoms with Crippen LogP contribution in [0.3, 0.4) is 0 Å². The highest BCUT2D eigenvalue weighted by Crippen LogP contribution is 2.29. The van der Waals surface area contributed by atoms with Gasteiger partial charge in [-0.2, -0.15) is 0 Å². The van der Waals surface area contributed by atoms with E-state index < -0.39 is 0 Å². The summed E-state index contributed by atoms with van der Waals surface area (Å²) in [5.74, 6) is 0.763. The van der Waals surface area contributed by atoms with Gasteiger partial charge in [-0.1, -0.05) is 42.5 Å². The third-order valence-corrected chi connectivity index (χ3v) is 4.89. The van der Waals surface area contributed by atoms with Crippen LogP contribution in [0.15, 0.2) is 67.5 Å². The Morgan fingerprint density at radius 1 is 0.923 bits per heavy atom. The molecule has 2 aliphatic rings. The Kier molecular flexibility index (Phi) is 4.13. The van der Waals surface area contributed by atoms with E-state index >= 15 is 0 Å². The first-order valence-electron chi connectivity index (χ1n) is 8.78. The molecule has 0 saturated carbocycles. The van der Waals surface area contributed by atoms with E-state index in [2.05, 4.69) is 71.8 Å². The molecule has 3 nitrogen and oxygen atoms in total. The summed E-state index contributed by atoms with van der Waals surface area (Å²) in [4.78, 5) is 12.3. The van der Waals surface area contributed by atoms with Gasteiger partial charge in [-0.15, -0.1) is 6.58 Å². The Bertz CT molecular complexity index is 1010. The molecule has 0 bridgehead atoms. The summed E-state index contributed by atoms with van der Waals surface area (Å²) >= 11 is 0. The topological polar surface area (TPSA) is 41.6 Å². The molecule has 0 aliphatic carbocycles. The number of aromatic nitrogens is 3. The summed E-state index contributed by atoms with van der Waals surface area (Å²) in [6.07, 6.45) is 6.59. The molecule has 1 N–H and O–H groups in total. The van der Waals surface area contributed by atoms with Gasteiger partial charge in [0.15, 0.2) is 5.82 Å². The second kappa shape index (κ2) is 6.60. The molecule has 0 unspecified atom stereocenters.